The highest BCUT2D eigenvalue weighted by Crippen LogP contribution is 2.28. The Hall–Kier alpha value is -0.870. The van der Waals surface area contributed by atoms with Crippen molar-refractivity contribution in [3.63, 3.8) is 0 Å². The molecule has 0 radical (unpaired) electrons. The van der Waals surface area contributed by atoms with Gasteiger partial charge in [-0.3, -0.25) is 4.90 Å². The quantitative estimate of drug-likeness (QED) is 0.917. The van der Waals surface area contributed by atoms with Crippen molar-refractivity contribution in [2.24, 2.45) is 0 Å². The molecule has 0 saturated carbocycles. The number of aryl methyl sites for hydroxylation is 1. The predicted octanol–water partition coefficient (Wildman–Crippen LogP) is 2.17. The van der Waals surface area contributed by atoms with Crippen LogP contribution in [-0.4, -0.2) is 44.8 Å². The van der Waals surface area contributed by atoms with Crippen molar-refractivity contribution in [1.82, 2.24) is 14.5 Å². The van der Waals surface area contributed by atoms with Crippen molar-refractivity contribution < 1.29 is 5.11 Å². The van der Waals surface area contributed by atoms with Crippen LogP contribution in [0.3, 0.4) is 0 Å². The van der Waals surface area contributed by atoms with E-state index in [1.165, 1.54) is 25.1 Å². The minimum absolute atomic E-state index is 0.234. The number of hydrogen-bond acceptors (Lipinski definition) is 3. The fourth-order valence-corrected chi connectivity index (χ4v) is 3.90. The van der Waals surface area contributed by atoms with Crippen LogP contribution in [-0.2, 0) is 13.0 Å². The molecule has 3 rings (SSSR count). The van der Waals surface area contributed by atoms with Crippen LogP contribution in [0.2, 0.25) is 0 Å². The summed E-state index contributed by atoms with van der Waals surface area (Å²) in [5.74, 6) is 1.37. The summed E-state index contributed by atoms with van der Waals surface area (Å²) in [5.41, 5.74) is 1.22. The van der Waals surface area contributed by atoms with Gasteiger partial charge in [-0.05, 0) is 46.1 Å². The SMILES string of the molecule is CC(C)N1CCCC1Cc1cn2c(n1)C(CO)CCC2. The van der Waals surface area contributed by atoms with Crippen molar-refractivity contribution in [3.05, 3.63) is 17.7 Å². The maximum atomic E-state index is 9.48. The third-order valence-corrected chi connectivity index (χ3v) is 4.93. The van der Waals surface area contributed by atoms with Gasteiger partial charge in [-0.15, -0.1) is 0 Å². The van der Waals surface area contributed by atoms with E-state index in [0.717, 1.165) is 31.6 Å². The van der Waals surface area contributed by atoms with Crippen LogP contribution < -0.4 is 0 Å². The van der Waals surface area contributed by atoms with Gasteiger partial charge in [0.1, 0.15) is 5.82 Å². The van der Waals surface area contributed by atoms with Gasteiger partial charge in [-0.1, -0.05) is 0 Å². The van der Waals surface area contributed by atoms with Gasteiger partial charge in [0, 0.05) is 37.2 Å². The van der Waals surface area contributed by atoms with Crippen LogP contribution in [0, 0.1) is 0 Å². The van der Waals surface area contributed by atoms with Gasteiger partial charge in [0.05, 0.1) is 12.3 Å². The Labute approximate surface area is 121 Å². The lowest BCUT2D eigenvalue weighted by molar-refractivity contribution is 0.202. The Morgan fingerprint density at radius 1 is 1.30 bits per heavy atom. The number of aromatic nitrogens is 2. The lowest BCUT2D eigenvalue weighted by Gasteiger charge is -2.27. The number of rotatable bonds is 4. The van der Waals surface area contributed by atoms with Crippen molar-refractivity contribution >= 4 is 0 Å². The Morgan fingerprint density at radius 3 is 2.85 bits per heavy atom. The van der Waals surface area contributed by atoms with Gasteiger partial charge in [-0.25, -0.2) is 4.98 Å². The largest absolute Gasteiger partial charge is 0.396 e. The van der Waals surface area contributed by atoms with Crippen LogP contribution in [0.25, 0.3) is 0 Å². The van der Waals surface area contributed by atoms with Crippen molar-refractivity contribution in [2.75, 3.05) is 13.2 Å². The molecular weight excluding hydrogens is 250 g/mol. The monoisotopic (exact) mass is 277 g/mol. The zero-order valence-electron chi connectivity index (χ0n) is 12.8. The second kappa shape index (κ2) is 5.86. The van der Waals surface area contributed by atoms with Crippen LogP contribution >= 0.6 is 0 Å². The summed E-state index contributed by atoms with van der Waals surface area (Å²) in [5, 5.41) is 9.48. The highest BCUT2D eigenvalue weighted by atomic mass is 16.3. The molecule has 0 aromatic carbocycles. The molecule has 2 unspecified atom stereocenters. The summed E-state index contributed by atoms with van der Waals surface area (Å²) in [7, 11) is 0. The van der Waals surface area contributed by atoms with E-state index in [2.05, 4.69) is 29.5 Å². The molecule has 1 fully saturated rings. The maximum Gasteiger partial charge on any atom is 0.114 e. The molecule has 2 atom stereocenters. The standard InChI is InChI=1S/C16H27N3O/c1-12(2)19-8-4-6-15(19)9-14-10-18-7-3-5-13(11-20)16(18)17-14/h10,12-13,15,20H,3-9,11H2,1-2H3. The van der Waals surface area contributed by atoms with Crippen LogP contribution in [0.5, 0.6) is 0 Å². The molecule has 4 nitrogen and oxygen atoms in total. The first kappa shape index (κ1) is 14.1. The normalized spacial score (nSPS) is 27.2. The van der Waals surface area contributed by atoms with Gasteiger partial charge in [0.15, 0.2) is 0 Å². The minimum atomic E-state index is 0.234. The number of nitrogens with zero attached hydrogens (tertiary/aromatic N) is 3. The molecule has 1 aromatic rings. The Kier molecular flexibility index (Phi) is 4.13. The second-order valence-electron chi connectivity index (χ2n) is 6.64. The van der Waals surface area contributed by atoms with Crippen LogP contribution in [0.15, 0.2) is 6.20 Å². The summed E-state index contributed by atoms with van der Waals surface area (Å²) in [6, 6.07) is 1.28. The van der Waals surface area contributed by atoms with E-state index in [1.54, 1.807) is 0 Å². The zero-order valence-corrected chi connectivity index (χ0v) is 12.8. The van der Waals surface area contributed by atoms with E-state index in [4.69, 9.17) is 4.98 Å². The first-order valence-corrected chi connectivity index (χ1v) is 8.11. The minimum Gasteiger partial charge on any atom is -0.396 e. The molecule has 3 heterocycles. The predicted molar refractivity (Wildman–Crippen MR) is 79.9 cm³/mol. The summed E-state index contributed by atoms with van der Waals surface area (Å²) < 4.78 is 2.27. The maximum absolute atomic E-state index is 9.48. The highest BCUT2D eigenvalue weighted by molar-refractivity contribution is 5.12. The molecule has 0 amide bonds. The van der Waals surface area contributed by atoms with E-state index in [0.29, 0.717) is 12.1 Å². The molecule has 20 heavy (non-hydrogen) atoms. The number of aliphatic hydroxyl groups is 1. The molecule has 0 spiro atoms. The second-order valence-corrected chi connectivity index (χ2v) is 6.64. The van der Waals surface area contributed by atoms with E-state index < -0.39 is 0 Å². The average Bonchev–Trinajstić information content (AvgIpc) is 3.04. The third kappa shape index (κ3) is 2.63. The Morgan fingerprint density at radius 2 is 2.10 bits per heavy atom. The molecule has 1 saturated heterocycles. The van der Waals surface area contributed by atoms with Crippen LogP contribution in [0.1, 0.15) is 57.0 Å². The van der Waals surface area contributed by atoms with Crippen molar-refractivity contribution in [3.8, 4) is 0 Å². The number of hydrogen-bond donors (Lipinski definition) is 1. The topological polar surface area (TPSA) is 41.3 Å². The van der Waals surface area contributed by atoms with E-state index in [1.807, 2.05) is 0 Å². The summed E-state index contributed by atoms with van der Waals surface area (Å²) in [4.78, 5) is 7.45. The average molecular weight is 277 g/mol. The summed E-state index contributed by atoms with van der Waals surface area (Å²) >= 11 is 0. The molecule has 0 bridgehead atoms. The smallest absolute Gasteiger partial charge is 0.114 e. The van der Waals surface area contributed by atoms with E-state index in [9.17, 15) is 5.11 Å². The van der Waals surface area contributed by atoms with Crippen LogP contribution in [0.4, 0.5) is 0 Å². The highest BCUT2D eigenvalue weighted by Gasteiger charge is 2.28. The van der Waals surface area contributed by atoms with Crippen molar-refractivity contribution in [2.45, 2.75) is 70.5 Å². The number of likely N-dealkylation sites (tertiary alicyclic amines) is 1. The number of fused-ring (bicyclic) bond motifs is 1. The molecule has 1 N–H and O–H groups in total. The summed E-state index contributed by atoms with van der Waals surface area (Å²) in [6.07, 6.45) is 8.15. The van der Waals surface area contributed by atoms with E-state index >= 15 is 0 Å². The fourth-order valence-electron chi connectivity index (χ4n) is 3.90. The third-order valence-electron chi connectivity index (χ3n) is 4.93. The van der Waals surface area contributed by atoms with Gasteiger partial charge in [0.2, 0.25) is 0 Å². The van der Waals surface area contributed by atoms with Gasteiger partial charge in [0.25, 0.3) is 0 Å². The zero-order chi connectivity index (χ0) is 14.1. The first-order chi connectivity index (χ1) is 9.69. The fraction of sp³-hybridized carbons (Fsp3) is 0.812. The summed E-state index contributed by atoms with van der Waals surface area (Å²) in [6.45, 7) is 7.11. The molecule has 112 valence electrons. The molecular formula is C16H27N3O. The number of imidazole rings is 1. The lowest BCUT2D eigenvalue weighted by atomic mass is 10.0. The molecule has 2 aliphatic heterocycles. The molecule has 1 aromatic heterocycles. The van der Waals surface area contributed by atoms with Crippen molar-refractivity contribution in [1.29, 1.82) is 0 Å². The first-order valence-electron chi connectivity index (χ1n) is 8.11. The Bertz CT molecular complexity index is 455. The van der Waals surface area contributed by atoms with Gasteiger partial charge >= 0.3 is 0 Å². The molecule has 0 aliphatic carbocycles. The van der Waals surface area contributed by atoms with E-state index in [-0.39, 0.29) is 12.5 Å². The van der Waals surface area contributed by atoms with Gasteiger partial charge < -0.3 is 9.67 Å². The number of aliphatic hydroxyl groups excluding tert-OH is 1. The Balaban J connectivity index is 1.74. The lowest BCUT2D eigenvalue weighted by Crippen LogP contribution is -2.36. The van der Waals surface area contributed by atoms with Gasteiger partial charge in [-0.2, -0.15) is 0 Å². The molecule has 2 aliphatic rings. The molecule has 4 heteroatoms.